The number of rotatable bonds is 12. The van der Waals surface area contributed by atoms with Crippen molar-refractivity contribution in [2.75, 3.05) is 39.6 Å². The van der Waals surface area contributed by atoms with Gasteiger partial charge in [0.1, 0.15) is 0 Å². The summed E-state index contributed by atoms with van der Waals surface area (Å²) >= 11 is 0. The third-order valence-electron chi connectivity index (χ3n) is 9.20. The molecule has 0 unspecified atom stereocenters. The van der Waals surface area contributed by atoms with Crippen molar-refractivity contribution < 1.29 is 125 Å². The van der Waals surface area contributed by atoms with Crippen LogP contribution in [0.5, 0.6) is 5.75 Å². The Bertz CT molecular complexity index is 1920. The molecule has 5 aromatic rings. The van der Waals surface area contributed by atoms with E-state index >= 15 is 0 Å². The largest absolute Gasteiger partial charge is 2.00 e. The van der Waals surface area contributed by atoms with Crippen molar-refractivity contribution in [3.63, 3.8) is 0 Å². The second-order valence-corrected chi connectivity index (χ2v) is 16.5. The molecule has 0 spiro atoms. The molecule has 0 amide bonds. The smallest absolute Gasteiger partial charge is 0.872 e. The Morgan fingerprint density at radius 1 is 0.486 bits per heavy atom. The van der Waals surface area contributed by atoms with Gasteiger partial charge in [-0.15, -0.1) is 20.5 Å². The average Bonchev–Trinajstić information content (AvgIpc) is 4.11. The molecule has 8 rings (SSSR count). The molecule has 3 saturated heterocycles. The molecule has 3 aliphatic heterocycles. The van der Waals surface area contributed by atoms with Crippen LogP contribution < -0.4 is 42.4 Å². The molecule has 1 aromatic carbocycles. The third kappa shape index (κ3) is 34.0. The minimum absolute atomic E-state index is 0. The maximum Gasteiger partial charge on any atom is 2.00 e. The molecule has 0 saturated carbocycles. The van der Waals surface area contributed by atoms with Crippen LogP contribution in [0.15, 0.2) is 97.3 Å². The molecular formula is C45H56Cl2Cu2F2N6O13. The molecule has 2 radical (unpaired) electrons. The molecule has 0 aliphatic carbocycles. The van der Waals surface area contributed by atoms with E-state index < -0.39 is 32.4 Å². The normalized spacial score (nSPS) is 13.7. The number of aryl methyl sites for hydroxylation is 1. The van der Waals surface area contributed by atoms with Crippen LogP contribution in [0.4, 0.5) is 8.78 Å². The van der Waals surface area contributed by atoms with Gasteiger partial charge in [-0.2, -0.15) is 8.78 Å². The summed E-state index contributed by atoms with van der Waals surface area (Å²) in [5.74, 6) is -1.17. The number of nitrogens with zero attached hydrogens (tertiary/aromatic N) is 6. The monoisotopic (exact) mass is 1120 g/mol. The Hall–Kier alpha value is -3.46. The number of hydrogen-bond acceptors (Lipinski definition) is 19. The first kappa shape index (κ1) is 66.5. The van der Waals surface area contributed by atoms with Gasteiger partial charge in [-0.25, -0.2) is 47.2 Å². The zero-order valence-electron chi connectivity index (χ0n) is 38.1. The number of aromatic nitrogens is 4. The molecule has 7 heterocycles. The van der Waals surface area contributed by atoms with E-state index in [1.807, 2.05) is 65.3 Å². The van der Waals surface area contributed by atoms with Crippen LogP contribution in [0.1, 0.15) is 78.0 Å². The van der Waals surface area contributed by atoms with Crippen molar-refractivity contribution in [2.24, 2.45) is 0 Å². The molecule has 3 aliphatic rings. The Balaban J connectivity index is 0.00000138. The van der Waals surface area contributed by atoms with Gasteiger partial charge in [-0.05, 0) is 105 Å². The van der Waals surface area contributed by atoms with E-state index in [0.29, 0.717) is 61.8 Å². The first-order valence-electron chi connectivity index (χ1n) is 21.1. The zero-order chi connectivity index (χ0) is 48.9. The minimum atomic E-state index is -4.94. The molecule has 394 valence electrons. The van der Waals surface area contributed by atoms with E-state index in [9.17, 15) is 13.9 Å². The van der Waals surface area contributed by atoms with Crippen LogP contribution in [0.3, 0.4) is 0 Å². The van der Waals surface area contributed by atoms with Gasteiger partial charge in [0.05, 0.1) is 22.8 Å². The van der Waals surface area contributed by atoms with Crippen molar-refractivity contribution in [2.45, 2.75) is 84.7 Å². The average molecular weight is 1120 g/mol. The van der Waals surface area contributed by atoms with Gasteiger partial charge in [0.25, 0.3) is 0 Å². The standard InChI is InChI=1S/C33H32F2N6O.3C4H8O.2ClHO4.2Cu.H2O/c1-24-16-25(18-40(20-27-8-2-4-14-36-27)22-29-10-6-12-31(34)38-29)33(42)26(17-24)19-41(21-28-9-3-5-15-37-28)23-30-11-7-13-32(35)39-30;3*1-2-4-5-3-1;2*2-1(3,4)5;;;/h2-17,42H,18-23H2,1H3;3*1-4H2;2*(H,2,3,4,5);;;1H2/q;;;;;;2*+2;/p-4. The van der Waals surface area contributed by atoms with E-state index in [4.69, 9.17) is 51.5 Å². The Kier molecular flexibility index (Phi) is 35.5. The van der Waals surface area contributed by atoms with E-state index in [2.05, 4.69) is 19.9 Å². The summed E-state index contributed by atoms with van der Waals surface area (Å²) in [4.78, 5) is 21.0. The zero-order valence-corrected chi connectivity index (χ0v) is 41.5. The maximum atomic E-state index is 13.9. The molecular weight excluding hydrogens is 1070 g/mol. The molecule has 0 atom stereocenters. The van der Waals surface area contributed by atoms with Gasteiger partial charge < -0.3 is 24.8 Å². The predicted octanol–water partition coefficient (Wildman–Crippen LogP) is -1.97. The summed E-state index contributed by atoms with van der Waals surface area (Å²) in [5, 5.41) is 13.9. The minimum Gasteiger partial charge on any atom is -0.872 e. The Labute approximate surface area is 431 Å². The van der Waals surface area contributed by atoms with Gasteiger partial charge >= 0.3 is 34.1 Å². The fraction of sp³-hybridized carbons (Fsp3) is 0.422. The molecule has 4 aromatic heterocycles. The van der Waals surface area contributed by atoms with E-state index in [1.54, 1.807) is 36.7 Å². The SMILES string of the molecule is C1CCOC1.C1CCOC1.C1CCOC1.Cc1cc(CN(Cc2ccccn2)Cc2cccc(F)n2)c([O-])c(CN(Cc2ccccn2)Cc2cccc(F)n2)c1.[Cu+2].[Cu+2].[O-][Cl+3]([O-])([O-])[O-].[O-][Cl+3]([O-])([O-])[O-].[OH-]. The number of halogens is 4. The first-order chi connectivity index (χ1) is 31.9. The van der Waals surface area contributed by atoms with Crippen LogP contribution in [-0.4, -0.2) is 74.9 Å². The molecule has 3 fully saturated rings. The van der Waals surface area contributed by atoms with Gasteiger partial charge in [0, 0.05) is 91.3 Å². The fourth-order valence-electron chi connectivity index (χ4n) is 6.49. The van der Waals surface area contributed by atoms with Crippen LogP contribution in [-0.2, 0) is 87.6 Å². The number of hydrogen-bond donors (Lipinski definition) is 0. The molecule has 70 heavy (non-hydrogen) atoms. The molecule has 19 nitrogen and oxygen atoms in total. The summed E-state index contributed by atoms with van der Waals surface area (Å²) in [7, 11) is -9.89. The predicted molar refractivity (Wildman–Crippen MR) is 215 cm³/mol. The molecule has 0 bridgehead atoms. The van der Waals surface area contributed by atoms with Crippen LogP contribution in [0, 0.1) is 39.3 Å². The van der Waals surface area contributed by atoms with Crippen molar-refractivity contribution in [1.82, 2.24) is 29.7 Å². The van der Waals surface area contributed by atoms with E-state index in [-0.39, 0.29) is 45.4 Å². The summed E-state index contributed by atoms with van der Waals surface area (Å²) in [6.45, 7) is 10.2. The van der Waals surface area contributed by atoms with Crippen LogP contribution in [0.25, 0.3) is 0 Å². The number of benzene rings is 1. The van der Waals surface area contributed by atoms with Gasteiger partial charge in [-0.3, -0.25) is 19.8 Å². The van der Waals surface area contributed by atoms with E-state index in [0.717, 1.165) is 56.6 Å². The topological polar surface area (TPSA) is 323 Å². The summed E-state index contributed by atoms with van der Waals surface area (Å²) in [6, 6.07) is 24.6. The fourth-order valence-corrected chi connectivity index (χ4v) is 6.49. The van der Waals surface area contributed by atoms with Gasteiger partial charge in [0.2, 0.25) is 11.9 Å². The second-order valence-electron chi connectivity index (χ2n) is 15.0. The van der Waals surface area contributed by atoms with Crippen molar-refractivity contribution in [3.8, 4) is 5.75 Å². The van der Waals surface area contributed by atoms with Crippen LogP contribution in [0.2, 0.25) is 0 Å². The maximum absolute atomic E-state index is 13.9. The summed E-state index contributed by atoms with van der Waals surface area (Å²) < 4.78 is 111. The number of ether oxygens (including phenoxy) is 3. The first-order valence-corrected chi connectivity index (χ1v) is 23.6. The summed E-state index contributed by atoms with van der Waals surface area (Å²) in [5.41, 5.74) is 4.99. The van der Waals surface area contributed by atoms with Crippen molar-refractivity contribution in [3.05, 3.63) is 149 Å². The van der Waals surface area contributed by atoms with Gasteiger partial charge in [-0.1, -0.05) is 47.7 Å². The van der Waals surface area contributed by atoms with E-state index in [1.165, 1.54) is 50.7 Å². The van der Waals surface area contributed by atoms with Crippen molar-refractivity contribution >= 4 is 0 Å². The van der Waals surface area contributed by atoms with Gasteiger partial charge in [0.15, 0.2) is 0 Å². The quantitative estimate of drug-likeness (QED) is 0.0966. The number of pyridine rings is 4. The Morgan fingerprint density at radius 2 is 0.786 bits per heavy atom. The second kappa shape index (κ2) is 37.3. The molecule has 1 N–H and O–H groups in total. The summed E-state index contributed by atoms with van der Waals surface area (Å²) in [6.07, 6.45) is 11.1. The van der Waals surface area contributed by atoms with Crippen LogP contribution >= 0.6 is 0 Å². The molecule has 25 heteroatoms. The Morgan fingerprint density at radius 3 is 1.04 bits per heavy atom. The third-order valence-corrected chi connectivity index (χ3v) is 9.20. The van der Waals surface area contributed by atoms with Crippen molar-refractivity contribution in [1.29, 1.82) is 0 Å².